The monoisotopic (exact) mass is 655 g/mol. The van der Waals surface area contributed by atoms with Crippen LogP contribution in [0, 0.1) is 6.92 Å². The molecule has 0 aliphatic carbocycles. The van der Waals surface area contributed by atoms with E-state index in [2.05, 4.69) is 5.32 Å². The molecular formula is C37H41N3O6S. The van der Waals surface area contributed by atoms with Gasteiger partial charge in [-0.1, -0.05) is 85.3 Å². The minimum Gasteiger partial charge on any atom is -0.486 e. The predicted octanol–water partition coefficient (Wildman–Crippen LogP) is 5.52. The normalized spacial score (nSPS) is 13.7. The number of fused-ring (bicyclic) bond motifs is 1. The molecule has 1 heterocycles. The van der Waals surface area contributed by atoms with Gasteiger partial charge in [0, 0.05) is 25.1 Å². The van der Waals surface area contributed by atoms with E-state index in [4.69, 9.17) is 9.47 Å². The van der Waals surface area contributed by atoms with Crippen LogP contribution in [0.15, 0.2) is 108 Å². The van der Waals surface area contributed by atoms with E-state index in [0.29, 0.717) is 31.1 Å². The fourth-order valence-corrected chi connectivity index (χ4v) is 6.86. The summed E-state index contributed by atoms with van der Waals surface area (Å²) in [6.07, 6.45) is 0.957. The lowest BCUT2D eigenvalue weighted by Gasteiger charge is -2.34. The van der Waals surface area contributed by atoms with E-state index >= 15 is 0 Å². The molecule has 1 aliphatic heterocycles. The van der Waals surface area contributed by atoms with Crippen molar-refractivity contribution in [3.8, 4) is 11.5 Å². The van der Waals surface area contributed by atoms with Crippen molar-refractivity contribution in [2.45, 2.75) is 57.1 Å². The standard InChI is InChI=1S/C37H41N3O6S/c1-4-28(3)38-37(42)33(23-29-13-7-5-8-14-29)39(25-30-15-11-12-27(2)22-30)36(41)26-40(47(43,44)32-16-9-6-10-17-32)31-18-19-34-35(24-31)46-21-20-45-34/h5-19,22,24,28,33H,4,20-21,23,25-26H2,1-3H3,(H,38,42)/t28-,33+/m0/s1. The summed E-state index contributed by atoms with van der Waals surface area (Å²) in [4.78, 5) is 30.2. The Morgan fingerprint density at radius 1 is 0.830 bits per heavy atom. The Labute approximate surface area is 277 Å². The Kier molecular flexibility index (Phi) is 10.8. The summed E-state index contributed by atoms with van der Waals surface area (Å²) >= 11 is 0. The lowest BCUT2D eigenvalue weighted by molar-refractivity contribution is -0.140. The van der Waals surface area contributed by atoms with Crippen LogP contribution in [0.3, 0.4) is 0 Å². The number of ether oxygens (including phenoxy) is 2. The fourth-order valence-electron chi connectivity index (χ4n) is 5.44. The maximum absolute atomic E-state index is 14.7. The smallest absolute Gasteiger partial charge is 0.264 e. The molecule has 0 radical (unpaired) electrons. The molecule has 10 heteroatoms. The second kappa shape index (κ2) is 15.2. The Bertz CT molecular complexity index is 1780. The minimum atomic E-state index is -4.23. The number of sulfonamides is 1. The molecule has 4 aromatic carbocycles. The van der Waals surface area contributed by atoms with Gasteiger partial charge in [-0.05, 0) is 55.7 Å². The number of amides is 2. The third-order valence-corrected chi connectivity index (χ3v) is 9.92. The third-order valence-electron chi connectivity index (χ3n) is 8.13. The highest BCUT2D eigenvalue weighted by atomic mass is 32.2. The van der Waals surface area contributed by atoms with Gasteiger partial charge in [-0.3, -0.25) is 13.9 Å². The van der Waals surface area contributed by atoms with Crippen molar-refractivity contribution in [3.63, 3.8) is 0 Å². The van der Waals surface area contributed by atoms with Gasteiger partial charge in [0.15, 0.2) is 11.5 Å². The fraction of sp³-hybridized carbons (Fsp3) is 0.297. The first-order valence-corrected chi connectivity index (χ1v) is 17.3. The van der Waals surface area contributed by atoms with E-state index in [-0.39, 0.29) is 35.5 Å². The van der Waals surface area contributed by atoms with Crippen LogP contribution in [0.4, 0.5) is 5.69 Å². The lowest BCUT2D eigenvalue weighted by Crippen LogP contribution is -2.54. The zero-order valence-corrected chi connectivity index (χ0v) is 27.8. The molecule has 1 N–H and O–H groups in total. The average Bonchev–Trinajstić information content (AvgIpc) is 3.09. The molecule has 0 bridgehead atoms. The highest BCUT2D eigenvalue weighted by Gasteiger charge is 2.35. The predicted molar refractivity (Wildman–Crippen MR) is 182 cm³/mol. The Morgan fingerprint density at radius 3 is 2.17 bits per heavy atom. The van der Waals surface area contributed by atoms with Gasteiger partial charge in [0.25, 0.3) is 10.0 Å². The number of nitrogens with one attached hydrogen (secondary N) is 1. The maximum atomic E-state index is 14.7. The van der Waals surface area contributed by atoms with Gasteiger partial charge in [0.1, 0.15) is 25.8 Å². The highest BCUT2D eigenvalue weighted by Crippen LogP contribution is 2.36. The third kappa shape index (κ3) is 8.31. The van der Waals surface area contributed by atoms with E-state index in [1.165, 1.54) is 17.0 Å². The van der Waals surface area contributed by atoms with Gasteiger partial charge in [-0.25, -0.2) is 8.42 Å². The van der Waals surface area contributed by atoms with Crippen molar-refractivity contribution in [2.75, 3.05) is 24.1 Å². The molecule has 246 valence electrons. The van der Waals surface area contributed by atoms with Crippen molar-refractivity contribution in [2.24, 2.45) is 0 Å². The van der Waals surface area contributed by atoms with Crippen LogP contribution in [-0.2, 0) is 32.6 Å². The van der Waals surface area contributed by atoms with Crippen molar-refractivity contribution in [1.29, 1.82) is 0 Å². The number of aryl methyl sites for hydroxylation is 1. The number of rotatable bonds is 13. The van der Waals surface area contributed by atoms with Crippen molar-refractivity contribution >= 4 is 27.5 Å². The largest absolute Gasteiger partial charge is 0.486 e. The van der Waals surface area contributed by atoms with Gasteiger partial charge in [0.05, 0.1) is 10.6 Å². The Morgan fingerprint density at radius 2 is 1.49 bits per heavy atom. The van der Waals surface area contributed by atoms with Crippen LogP contribution in [-0.4, -0.2) is 57.0 Å². The maximum Gasteiger partial charge on any atom is 0.264 e. The molecule has 2 amide bonds. The molecule has 0 fully saturated rings. The quantitative estimate of drug-likeness (QED) is 0.204. The van der Waals surface area contributed by atoms with Crippen LogP contribution in [0.1, 0.15) is 37.0 Å². The molecule has 0 aromatic heterocycles. The number of hydrogen-bond acceptors (Lipinski definition) is 6. The first kappa shape index (κ1) is 33.5. The number of carbonyl (C=O) groups excluding carboxylic acids is 2. The molecule has 2 atom stereocenters. The second-order valence-electron chi connectivity index (χ2n) is 11.7. The van der Waals surface area contributed by atoms with E-state index in [9.17, 15) is 18.0 Å². The molecule has 9 nitrogen and oxygen atoms in total. The van der Waals surface area contributed by atoms with E-state index in [1.54, 1.807) is 36.4 Å². The SMILES string of the molecule is CC[C@H](C)NC(=O)[C@@H](Cc1ccccc1)N(Cc1cccc(C)c1)C(=O)CN(c1ccc2c(c1)OCCO2)S(=O)(=O)c1ccccc1. The molecule has 1 aliphatic rings. The summed E-state index contributed by atoms with van der Waals surface area (Å²) in [5.41, 5.74) is 2.94. The molecule has 4 aromatic rings. The number of anilines is 1. The van der Waals surface area contributed by atoms with Crippen molar-refractivity contribution in [1.82, 2.24) is 10.2 Å². The van der Waals surface area contributed by atoms with Crippen LogP contribution >= 0.6 is 0 Å². The minimum absolute atomic E-state index is 0.0308. The van der Waals surface area contributed by atoms with E-state index in [1.807, 2.05) is 75.4 Å². The number of nitrogens with zero attached hydrogens (tertiary/aromatic N) is 2. The Hall–Kier alpha value is -4.83. The first-order valence-electron chi connectivity index (χ1n) is 15.8. The highest BCUT2D eigenvalue weighted by molar-refractivity contribution is 7.92. The summed E-state index contributed by atoms with van der Waals surface area (Å²) in [6.45, 7) is 6.11. The lowest BCUT2D eigenvalue weighted by atomic mass is 10.0. The van der Waals surface area contributed by atoms with Crippen molar-refractivity contribution in [3.05, 3.63) is 120 Å². The van der Waals surface area contributed by atoms with Gasteiger partial charge >= 0.3 is 0 Å². The van der Waals surface area contributed by atoms with E-state index < -0.39 is 28.5 Å². The number of carbonyl (C=O) groups is 2. The van der Waals surface area contributed by atoms with Gasteiger partial charge < -0.3 is 19.7 Å². The van der Waals surface area contributed by atoms with Gasteiger partial charge in [-0.2, -0.15) is 0 Å². The Balaban J connectivity index is 1.59. The number of benzene rings is 4. The summed E-state index contributed by atoms with van der Waals surface area (Å²) in [7, 11) is -4.23. The summed E-state index contributed by atoms with van der Waals surface area (Å²) in [5, 5.41) is 3.06. The summed E-state index contributed by atoms with van der Waals surface area (Å²) < 4.78 is 41.0. The zero-order chi connectivity index (χ0) is 33.4. The van der Waals surface area contributed by atoms with Crippen LogP contribution in [0.2, 0.25) is 0 Å². The second-order valence-corrected chi connectivity index (χ2v) is 13.5. The number of hydrogen-bond donors (Lipinski definition) is 1. The molecule has 0 spiro atoms. The molecule has 47 heavy (non-hydrogen) atoms. The van der Waals surface area contributed by atoms with Crippen LogP contribution < -0.4 is 19.1 Å². The molecule has 0 saturated carbocycles. The molecule has 5 rings (SSSR count). The van der Waals surface area contributed by atoms with Crippen LogP contribution in [0.25, 0.3) is 0 Å². The van der Waals surface area contributed by atoms with Crippen LogP contribution in [0.5, 0.6) is 11.5 Å². The van der Waals surface area contributed by atoms with Gasteiger partial charge in [0.2, 0.25) is 11.8 Å². The zero-order valence-electron chi connectivity index (χ0n) is 27.0. The van der Waals surface area contributed by atoms with Crippen molar-refractivity contribution < 1.29 is 27.5 Å². The first-order chi connectivity index (χ1) is 22.7. The van der Waals surface area contributed by atoms with E-state index in [0.717, 1.165) is 21.0 Å². The van der Waals surface area contributed by atoms with Gasteiger partial charge in [-0.15, -0.1) is 0 Å². The molecule has 0 unspecified atom stereocenters. The average molecular weight is 656 g/mol. The topological polar surface area (TPSA) is 105 Å². The molecular weight excluding hydrogens is 614 g/mol. The summed E-state index contributed by atoms with van der Waals surface area (Å²) in [6, 6.07) is 29.0. The summed E-state index contributed by atoms with van der Waals surface area (Å²) in [5.74, 6) is 0.0530. The molecule has 0 saturated heterocycles.